The van der Waals surface area contributed by atoms with Crippen LogP contribution in [0.15, 0.2) is 23.0 Å². The lowest BCUT2D eigenvalue weighted by atomic mass is 10.3. The summed E-state index contributed by atoms with van der Waals surface area (Å²) in [5.74, 6) is -0.624. The summed E-state index contributed by atoms with van der Waals surface area (Å²) in [4.78, 5) is 26.4. The summed E-state index contributed by atoms with van der Waals surface area (Å²) in [7, 11) is 0. The number of hydrogen-bond donors (Lipinski definition) is 0. The van der Waals surface area contributed by atoms with Gasteiger partial charge < -0.3 is 9.64 Å². The Morgan fingerprint density at radius 2 is 1.85 bits per heavy atom. The van der Waals surface area contributed by atoms with Crippen LogP contribution >= 0.6 is 11.6 Å². The minimum absolute atomic E-state index is 0.0381. The van der Waals surface area contributed by atoms with Crippen molar-refractivity contribution in [2.24, 2.45) is 0 Å². The molecule has 0 atom stereocenters. The Kier molecular flexibility index (Phi) is 6.47. The number of carbonyl (C=O) groups excluding carboxylic acids is 1. The van der Waals surface area contributed by atoms with E-state index in [4.69, 9.17) is 11.6 Å². The zero-order valence-electron chi connectivity index (χ0n) is 14.5. The minimum atomic E-state index is -4.90. The van der Waals surface area contributed by atoms with Gasteiger partial charge in [0.1, 0.15) is 5.75 Å². The fourth-order valence-corrected chi connectivity index (χ4v) is 2.55. The molecule has 0 bridgehead atoms. The van der Waals surface area contributed by atoms with Crippen molar-refractivity contribution in [3.05, 3.63) is 33.7 Å². The highest BCUT2D eigenvalue weighted by Crippen LogP contribution is 2.31. The van der Waals surface area contributed by atoms with E-state index in [1.54, 1.807) is 0 Å². The van der Waals surface area contributed by atoms with Crippen LogP contribution in [0.5, 0.6) is 5.75 Å². The Morgan fingerprint density at radius 1 is 1.22 bits per heavy atom. The van der Waals surface area contributed by atoms with E-state index in [0.717, 1.165) is 22.9 Å². The van der Waals surface area contributed by atoms with E-state index in [-0.39, 0.29) is 10.7 Å². The first kappa shape index (κ1) is 20.7. The number of carbonyl (C=O) groups is 1. The molecule has 8 nitrogen and oxygen atoms in total. The van der Waals surface area contributed by atoms with Crippen molar-refractivity contribution in [2.75, 3.05) is 13.1 Å². The molecular weight excluding hydrogens is 391 g/mol. The van der Waals surface area contributed by atoms with E-state index < -0.39 is 23.8 Å². The number of rotatable bonds is 6. The average Bonchev–Trinajstić information content (AvgIpc) is 2.96. The molecule has 0 radical (unpaired) electrons. The second-order valence-corrected chi connectivity index (χ2v) is 5.92. The van der Waals surface area contributed by atoms with Crippen LogP contribution in [0.1, 0.15) is 26.7 Å². The smallest absolute Gasteiger partial charge is 0.404 e. The fourth-order valence-electron chi connectivity index (χ4n) is 2.33. The zero-order chi connectivity index (χ0) is 20.2. The highest BCUT2D eigenvalue weighted by Gasteiger charge is 2.32. The quantitative estimate of drug-likeness (QED) is 0.687. The molecule has 0 unspecified atom stereocenters. The predicted molar refractivity (Wildman–Crippen MR) is 90.3 cm³/mol. The summed E-state index contributed by atoms with van der Waals surface area (Å²) in [6.45, 7) is 4.67. The monoisotopic (exact) mass is 407 g/mol. The first-order chi connectivity index (χ1) is 12.7. The first-order valence-electron chi connectivity index (χ1n) is 8.08. The Hall–Kier alpha value is -2.56. The SMILES string of the molecule is CCCN(CCC)C(=O)n1nnn(-c2ccc(OC(F)(F)F)c(Cl)c2)c1=O. The number of amides is 1. The van der Waals surface area contributed by atoms with E-state index in [2.05, 4.69) is 15.2 Å². The standard InChI is InChI=1S/C15H17ClF3N5O3/c1-3-7-22(8-4-2)13(25)24-14(26)23(20-21-24)10-5-6-12(11(16)9-10)27-15(17,18)19/h5-6,9H,3-4,7-8H2,1-2H3. The molecule has 1 amide bonds. The summed E-state index contributed by atoms with van der Waals surface area (Å²) in [5, 5.41) is 6.79. The van der Waals surface area contributed by atoms with Crippen LogP contribution in [0.3, 0.4) is 0 Å². The van der Waals surface area contributed by atoms with Crippen molar-refractivity contribution in [3.63, 3.8) is 0 Å². The maximum absolute atomic E-state index is 12.5. The van der Waals surface area contributed by atoms with Gasteiger partial charge in [-0.25, -0.2) is 9.59 Å². The molecule has 0 N–H and O–H groups in total. The lowest BCUT2D eigenvalue weighted by Crippen LogP contribution is -2.41. The third-order valence-corrected chi connectivity index (χ3v) is 3.70. The number of ether oxygens (including phenoxy) is 1. The molecule has 148 valence electrons. The van der Waals surface area contributed by atoms with Crippen LogP contribution in [0.2, 0.25) is 5.02 Å². The van der Waals surface area contributed by atoms with Gasteiger partial charge in [0.05, 0.1) is 10.7 Å². The number of aromatic nitrogens is 4. The van der Waals surface area contributed by atoms with E-state index in [0.29, 0.717) is 30.6 Å². The Morgan fingerprint density at radius 3 is 2.37 bits per heavy atom. The molecule has 27 heavy (non-hydrogen) atoms. The number of nitrogens with zero attached hydrogens (tertiary/aromatic N) is 5. The number of tetrazole rings is 1. The van der Waals surface area contributed by atoms with Gasteiger partial charge in [-0.05, 0) is 41.5 Å². The molecule has 1 aromatic heterocycles. The van der Waals surface area contributed by atoms with Crippen molar-refractivity contribution < 1.29 is 22.7 Å². The Labute approximate surface area is 157 Å². The van der Waals surface area contributed by atoms with Crippen molar-refractivity contribution in [3.8, 4) is 11.4 Å². The maximum atomic E-state index is 12.5. The van der Waals surface area contributed by atoms with Crippen LogP contribution in [0.25, 0.3) is 5.69 Å². The predicted octanol–water partition coefficient (Wildman–Crippen LogP) is 3.07. The third-order valence-electron chi connectivity index (χ3n) is 3.41. The molecule has 0 saturated carbocycles. The van der Waals surface area contributed by atoms with Gasteiger partial charge in [-0.1, -0.05) is 25.4 Å². The zero-order valence-corrected chi connectivity index (χ0v) is 15.3. The molecule has 2 aromatic rings. The topological polar surface area (TPSA) is 82.2 Å². The van der Waals surface area contributed by atoms with Crippen LogP contribution in [0, 0.1) is 0 Å². The first-order valence-corrected chi connectivity index (χ1v) is 8.45. The highest BCUT2D eigenvalue weighted by molar-refractivity contribution is 6.32. The number of hydrogen-bond acceptors (Lipinski definition) is 5. The summed E-state index contributed by atoms with van der Waals surface area (Å²) in [5.41, 5.74) is -0.825. The summed E-state index contributed by atoms with van der Waals surface area (Å²) >= 11 is 5.77. The van der Waals surface area contributed by atoms with Crippen LogP contribution < -0.4 is 10.4 Å². The summed E-state index contributed by atoms with van der Waals surface area (Å²) in [6, 6.07) is 2.52. The second kappa shape index (κ2) is 8.42. The number of halogens is 4. The minimum Gasteiger partial charge on any atom is -0.404 e. The van der Waals surface area contributed by atoms with Gasteiger partial charge in [0.25, 0.3) is 0 Å². The molecule has 0 spiro atoms. The molecule has 2 rings (SSSR count). The molecule has 0 saturated heterocycles. The van der Waals surface area contributed by atoms with Crippen molar-refractivity contribution in [1.82, 2.24) is 24.7 Å². The average molecular weight is 408 g/mol. The molecule has 0 aliphatic heterocycles. The van der Waals surface area contributed by atoms with E-state index in [1.165, 1.54) is 4.90 Å². The highest BCUT2D eigenvalue weighted by atomic mass is 35.5. The normalized spacial score (nSPS) is 11.5. The molecule has 0 aliphatic rings. The maximum Gasteiger partial charge on any atom is 0.573 e. The van der Waals surface area contributed by atoms with Crippen LogP contribution in [0.4, 0.5) is 18.0 Å². The molecule has 0 aliphatic carbocycles. The second-order valence-electron chi connectivity index (χ2n) is 5.52. The van der Waals surface area contributed by atoms with Gasteiger partial charge in [0.15, 0.2) is 0 Å². The fraction of sp³-hybridized carbons (Fsp3) is 0.467. The Balaban J connectivity index is 2.33. The van der Waals surface area contributed by atoms with E-state index in [1.807, 2.05) is 13.8 Å². The van der Waals surface area contributed by atoms with E-state index in [9.17, 15) is 22.8 Å². The van der Waals surface area contributed by atoms with Crippen molar-refractivity contribution in [2.45, 2.75) is 33.1 Å². The van der Waals surface area contributed by atoms with Crippen molar-refractivity contribution in [1.29, 1.82) is 0 Å². The van der Waals surface area contributed by atoms with Gasteiger partial charge >= 0.3 is 18.1 Å². The number of benzene rings is 1. The lowest BCUT2D eigenvalue weighted by Gasteiger charge is -2.19. The van der Waals surface area contributed by atoms with Crippen molar-refractivity contribution >= 4 is 17.6 Å². The van der Waals surface area contributed by atoms with Gasteiger partial charge in [-0.3, -0.25) is 0 Å². The summed E-state index contributed by atoms with van der Waals surface area (Å²) < 4.78 is 42.0. The van der Waals surface area contributed by atoms with Gasteiger partial charge in [-0.2, -0.15) is 4.68 Å². The van der Waals surface area contributed by atoms with Gasteiger partial charge in [0.2, 0.25) is 0 Å². The Bertz CT molecular complexity index is 859. The van der Waals surface area contributed by atoms with E-state index >= 15 is 0 Å². The molecule has 1 aromatic carbocycles. The summed E-state index contributed by atoms with van der Waals surface area (Å²) in [6.07, 6.45) is -3.50. The molecular formula is C15H17ClF3N5O3. The van der Waals surface area contributed by atoms with Gasteiger partial charge in [-0.15, -0.1) is 17.9 Å². The third kappa shape index (κ3) is 5.00. The number of alkyl halides is 3. The molecule has 12 heteroatoms. The van der Waals surface area contributed by atoms with Crippen LogP contribution in [-0.4, -0.2) is 50.2 Å². The molecule has 1 heterocycles. The van der Waals surface area contributed by atoms with Gasteiger partial charge in [0, 0.05) is 13.1 Å². The molecule has 0 fully saturated rings. The van der Waals surface area contributed by atoms with Crippen LogP contribution in [-0.2, 0) is 0 Å². The lowest BCUT2D eigenvalue weighted by molar-refractivity contribution is -0.274. The largest absolute Gasteiger partial charge is 0.573 e.